The number of aromatic amines is 1. The maximum atomic E-state index is 13.0. The van der Waals surface area contributed by atoms with Crippen LogP contribution in [0.25, 0.3) is 11.0 Å². The Labute approximate surface area is 160 Å². The van der Waals surface area contributed by atoms with Crippen LogP contribution in [0.1, 0.15) is 62.0 Å². The van der Waals surface area contributed by atoms with Gasteiger partial charge in [0, 0.05) is 18.3 Å². The van der Waals surface area contributed by atoms with Gasteiger partial charge >= 0.3 is 11.7 Å². The summed E-state index contributed by atoms with van der Waals surface area (Å²) >= 11 is 0. The van der Waals surface area contributed by atoms with E-state index in [4.69, 9.17) is 5.11 Å². The Morgan fingerprint density at radius 3 is 2.64 bits per heavy atom. The van der Waals surface area contributed by atoms with E-state index >= 15 is 0 Å². The van der Waals surface area contributed by atoms with Crippen LogP contribution in [-0.2, 0) is 11.3 Å². The lowest BCUT2D eigenvalue weighted by atomic mass is 10.0. The SMILES string of the molecule is CCn1c(=O)[nH]c(=O)c2c(C(=O)N[C@@H]3CC[C@H](C(=O)O)C3)cc(C(C)C)nc21. The number of aliphatic carboxylic acids is 1. The number of nitrogens with one attached hydrogen (secondary N) is 2. The second kappa shape index (κ2) is 7.57. The number of fused-ring (bicyclic) bond motifs is 1. The van der Waals surface area contributed by atoms with Gasteiger partial charge in [-0.3, -0.25) is 23.9 Å². The molecule has 1 amide bonds. The maximum Gasteiger partial charge on any atom is 0.329 e. The number of nitrogens with zero attached hydrogens (tertiary/aromatic N) is 2. The molecule has 1 fully saturated rings. The first kappa shape index (κ1) is 19.8. The number of H-pyrrole nitrogens is 1. The van der Waals surface area contributed by atoms with E-state index in [9.17, 15) is 19.2 Å². The van der Waals surface area contributed by atoms with Gasteiger partial charge in [0.05, 0.1) is 16.9 Å². The molecule has 0 saturated heterocycles. The highest BCUT2D eigenvalue weighted by Crippen LogP contribution is 2.26. The second-order valence-electron chi connectivity index (χ2n) is 7.47. The standard InChI is InChI=1S/C19H24N4O5/c1-4-23-15-14(17(25)22-19(23)28)12(8-13(21-15)9(2)3)16(24)20-11-6-5-10(7-11)18(26)27/h8-11H,4-7H2,1-3H3,(H,20,24)(H,26,27)(H,22,25,28)/t10-,11+/m0/s1. The van der Waals surface area contributed by atoms with Crippen molar-refractivity contribution in [3.8, 4) is 0 Å². The van der Waals surface area contributed by atoms with Gasteiger partial charge in [0.1, 0.15) is 0 Å². The van der Waals surface area contributed by atoms with E-state index in [1.807, 2.05) is 13.8 Å². The summed E-state index contributed by atoms with van der Waals surface area (Å²) in [6.45, 7) is 5.87. The van der Waals surface area contributed by atoms with Crippen LogP contribution in [-0.4, -0.2) is 37.6 Å². The average molecular weight is 388 g/mol. The molecule has 2 atom stereocenters. The lowest BCUT2D eigenvalue weighted by molar-refractivity contribution is -0.141. The number of amides is 1. The van der Waals surface area contributed by atoms with Crippen molar-refractivity contribution in [2.75, 3.05) is 0 Å². The summed E-state index contributed by atoms with van der Waals surface area (Å²) in [5.74, 6) is -1.81. The van der Waals surface area contributed by atoms with Gasteiger partial charge in [-0.1, -0.05) is 13.8 Å². The van der Waals surface area contributed by atoms with E-state index in [0.29, 0.717) is 31.5 Å². The van der Waals surface area contributed by atoms with Crippen LogP contribution >= 0.6 is 0 Å². The van der Waals surface area contributed by atoms with Crippen LogP contribution in [0.5, 0.6) is 0 Å². The molecule has 9 nitrogen and oxygen atoms in total. The normalized spacial score (nSPS) is 19.3. The number of carboxylic acids is 1. The van der Waals surface area contributed by atoms with E-state index in [1.165, 1.54) is 4.57 Å². The molecule has 1 aliphatic carbocycles. The molecule has 0 aromatic carbocycles. The summed E-state index contributed by atoms with van der Waals surface area (Å²) in [5, 5.41) is 12.1. The zero-order chi connectivity index (χ0) is 20.6. The van der Waals surface area contributed by atoms with Crippen LogP contribution in [0, 0.1) is 5.92 Å². The lowest BCUT2D eigenvalue weighted by Gasteiger charge is -2.16. The summed E-state index contributed by atoms with van der Waals surface area (Å²) in [5.41, 5.74) is -0.301. The van der Waals surface area contributed by atoms with Crippen LogP contribution in [0.3, 0.4) is 0 Å². The molecular formula is C19H24N4O5. The molecule has 3 N–H and O–H groups in total. The second-order valence-corrected chi connectivity index (χ2v) is 7.47. The van der Waals surface area contributed by atoms with Crippen molar-refractivity contribution in [1.29, 1.82) is 0 Å². The van der Waals surface area contributed by atoms with Gasteiger partial charge in [-0.25, -0.2) is 9.78 Å². The molecule has 2 heterocycles. The minimum absolute atomic E-state index is 0.0153. The van der Waals surface area contributed by atoms with Crippen LogP contribution in [0.4, 0.5) is 0 Å². The molecule has 0 radical (unpaired) electrons. The molecule has 0 unspecified atom stereocenters. The molecule has 28 heavy (non-hydrogen) atoms. The zero-order valence-electron chi connectivity index (χ0n) is 16.1. The van der Waals surface area contributed by atoms with Gasteiger partial charge in [0.25, 0.3) is 11.5 Å². The molecule has 2 aromatic rings. The van der Waals surface area contributed by atoms with Crippen molar-refractivity contribution in [3.63, 3.8) is 0 Å². The van der Waals surface area contributed by atoms with Crippen molar-refractivity contribution in [2.45, 2.75) is 58.5 Å². The number of hydrogen-bond donors (Lipinski definition) is 3. The Kier molecular flexibility index (Phi) is 5.35. The number of hydrogen-bond acceptors (Lipinski definition) is 5. The Morgan fingerprint density at radius 1 is 1.36 bits per heavy atom. The van der Waals surface area contributed by atoms with Gasteiger partial charge in [0.15, 0.2) is 5.65 Å². The Hall–Kier alpha value is -2.97. The fourth-order valence-corrected chi connectivity index (χ4v) is 3.66. The Balaban J connectivity index is 2.09. The molecule has 3 rings (SSSR count). The molecule has 2 aromatic heterocycles. The topological polar surface area (TPSA) is 134 Å². The first-order valence-electron chi connectivity index (χ1n) is 9.44. The number of carbonyl (C=O) groups excluding carboxylic acids is 1. The van der Waals surface area contributed by atoms with Gasteiger partial charge < -0.3 is 10.4 Å². The Morgan fingerprint density at radius 2 is 2.07 bits per heavy atom. The minimum Gasteiger partial charge on any atom is -0.481 e. The van der Waals surface area contributed by atoms with Gasteiger partial charge in [-0.05, 0) is 38.2 Å². The van der Waals surface area contributed by atoms with Crippen LogP contribution < -0.4 is 16.6 Å². The van der Waals surface area contributed by atoms with Crippen molar-refractivity contribution in [3.05, 3.63) is 38.2 Å². The van der Waals surface area contributed by atoms with E-state index < -0.39 is 29.0 Å². The number of rotatable bonds is 5. The summed E-state index contributed by atoms with van der Waals surface area (Å²) < 4.78 is 1.33. The van der Waals surface area contributed by atoms with Gasteiger partial charge in [-0.15, -0.1) is 0 Å². The zero-order valence-corrected chi connectivity index (χ0v) is 16.1. The van der Waals surface area contributed by atoms with E-state index in [0.717, 1.165) is 0 Å². The largest absolute Gasteiger partial charge is 0.481 e. The monoisotopic (exact) mass is 388 g/mol. The first-order valence-corrected chi connectivity index (χ1v) is 9.44. The predicted molar refractivity (Wildman–Crippen MR) is 103 cm³/mol. The Bertz CT molecular complexity index is 1050. The molecule has 1 saturated carbocycles. The number of carboxylic acid groups (broad SMARTS) is 1. The maximum absolute atomic E-state index is 13.0. The third-order valence-electron chi connectivity index (χ3n) is 5.24. The smallest absolute Gasteiger partial charge is 0.329 e. The van der Waals surface area contributed by atoms with Crippen LogP contribution in [0.15, 0.2) is 15.7 Å². The predicted octanol–water partition coefficient (Wildman–Crippen LogP) is 1.21. The van der Waals surface area contributed by atoms with Gasteiger partial charge in [-0.2, -0.15) is 0 Å². The van der Waals surface area contributed by atoms with E-state index in [2.05, 4.69) is 15.3 Å². The molecule has 9 heteroatoms. The van der Waals surface area contributed by atoms with E-state index in [-0.39, 0.29) is 28.6 Å². The number of aromatic nitrogens is 3. The number of pyridine rings is 1. The molecular weight excluding hydrogens is 364 g/mol. The van der Waals surface area contributed by atoms with Gasteiger partial charge in [0.2, 0.25) is 0 Å². The van der Waals surface area contributed by atoms with E-state index in [1.54, 1.807) is 13.0 Å². The summed E-state index contributed by atoms with van der Waals surface area (Å²) in [6, 6.07) is 1.31. The van der Waals surface area contributed by atoms with Crippen molar-refractivity contribution >= 4 is 22.9 Å². The average Bonchev–Trinajstić information content (AvgIpc) is 3.09. The molecule has 0 bridgehead atoms. The number of aryl methyl sites for hydroxylation is 1. The van der Waals surface area contributed by atoms with Crippen molar-refractivity contribution in [1.82, 2.24) is 19.9 Å². The quantitative estimate of drug-likeness (QED) is 0.705. The molecule has 1 aliphatic rings. The molecule has 0 spiro atoms. The number of carbonyl (C=O) groups is 2. The summed E-state index contributed by atoms with van der Waals surface area (Å²) in [6.07, 6.45) is 1.43. The first-order chi connectivity index (χ1) is 13.2. The van der Waals surface area contributed by atoms with Crippen LogP contribution in [0.2, 0.25) is 0 Å². The third kappa shape index (κ3) is 3.56. The molecule has 0 aliphatic heterocycles. The third-order valence-corrected chi connectivity index (χ3v) is 5.24. The fourth-order valence-electron chi connectivity index (χ4n) is 3.66. The highest BCUT2D eigenvalue weighted by Gasteiger charge is 2.31. The minimum atomic E-state index is -0.864. The summed E-state index contributed by atoms with van der Waals surface area (Å²) in [7, 11) is 0. The summed E-state index contributed by atoms with van der Waals surface area (Å²) in [4.78, 5) is 55.5. The highest BCUT2D eigenvalue weighted by atomic mass is 16.4. The molecule has 150 valence electrons. The highest BCUT2D eigenvalue weighted by molar-refractivity contribution is 6.05. The lowest BCUT2D eigenvalue weighted by Crippen LogP contribution is -2.36. The van der Waals surface area contributed by atoms with Crippen molar-refractivity contribution in [2.24, 2.45) is 5.92 Å². The van der Waals surface area contributed by atoms with Crippen molar-refractivity contribution < 1.29 is 14.7 Å². The fraction of sp³-hybridized carbons (Fsp3) is 0.526.